The maximum atomic E-state index is 13.6. The fourth-order valence-corrected chi connectivity index (χ4v) is 2.06. The molecule has 0 heterocycles. The van der Waals surface area contributed by atoms with Crippen molar-refractivity contribution in [3.8, 4) is 0 Å². The van der Waals surface area contributed by atoms with E-state index in [9.17, 15) is 19.3 Å². The Hall–Kier alpha value is -2.18. The minimum atomic E-state index is -0.901. The van der Waals surface area contributed by atoms with Gasteiger partial charge in [0.05, 0.1) is 11.5 Å². The van der Waals surface area contributed by atoms with E-state index in [0.29, 0.717) is 0 Å². The second-order valence-electron chi connectivity index (χ2n) is 4.53. The van der Waals surface area contributed by atoms with Crippen LogP contribution >= 0.6 is 0 Å². The van der Waals surface area contributed by atoms with Crippen molar-refractivity contribution < 1.29 is 18.8 Å². The molecule has 20 heavy (non-hydrogen) atoms. The zero-order valence-electron chi connectivity index (χ0n) is 11.0. The van der Waals surface area contributed by atoms with Crippen LogP contribution in [0, 0.1) is 15.9 Å². The quantitative estimate of drug-likeness (QED) is 0.454. The maximum absolute atomic E-state index is 13.6. The Morgan fingerprint density at radius 3 is 2.80 bits per heavy atom. The molecule has 0 spiro atoms. The van der Waals surface area contributed by atoms with Crippen molar-refractivity contribution in [1.29, 1.82) is 0 Å². The Balaban J connectivity index is 2.32. The lowest BCUT2D eigenvalue weighted by molar-refractivity contribution is -0.386. The van der Waals surface area contributed by atoms with Gasteiger partial charge in [-0.2, -0.15) is 4.39 Å². The number of hydrogen-bond acceptors (Lipinski definition) is 5. The zero-order valence-corrected chi connectivity index (χ0v) is 11.0. The summed E-state index contributed by atoms with van der Waals surface area (Å²) < 4.78 is 18.5. The maximum Gasteiger partial charge on any atom is 0.327 e. The lowest BCUT2D eigenvalue weighted by Crippen LogP contribution is -2.33. The van der Waals surface area contributed by atoms with E-state index in [1.807, 2.05) is 0 Å². The van der Waals surface area contributed by atoms with Gasteiger partial charge < -0.3 is 9.64 Å². The second-order valence-corrected chi connectivity index (χ2v) is 4.53. The third-order valence-corrected chi connectivity index (χ3v) is 3.05. The molecule has 0 saturated heterocycles. The summed E-state index contributed by atoms with van der Waals surface area (Å²) in [5.41, 5.74) is -0.464. The number of carbonyl (C=O) groups is 1. The predicted molar refractivity (Wildman–Crippen MR) is 70.1 cm³/mol. The van der Waals surface area contributed by atoms with Crippen LogP contribution in [-0.2, 0) is 9.53 Å². The van der Waals surface area contributed by atoms with E-state index in [4.69, 9.17) is 4.74 Å². The fourth-order valence-electron chi connectivity index (χ4n) is 2.06. The molecule has 0 atom stereocenters. The van der Waals surface area contributed by atoms with Crippen molar-refractivity contribution in [3.63, 3.8) is 0 Å². The highest BCUT2D eigenvalue weighted by Crippen LogP contribution is 2.37. The van der Waals surface area contributed by atoms with Gasteiger partial charge in [0.2, 0.25) is 5.82 Å². The highest BCUT2D eigenvalue weighted by Gasteiger charge is 2.35. The Kier molecular flexibility index (Phi) is 4.16. The average molecular weight is 282 g/mol. The van der Waals surface area contributed by atoms with E-state index in [1.165, 1.54) is 12.1 Å². The van der Waals surface area contributed by atoms with E-state index in [1.54, 1.807) is 11.8 Å². The summed E-state index contributed by atoms with van der Waals surface area (Å²) in [4.78, 5) is 23.4. The molecule has 108 valence electrons. The molecular formula is C13H15FN2O4. The Labute approximate surface area is 115 Å². The number of nitro benzene ring substituents is 1. The van der Waals surface area contributed by atoms with Crippen molar-refractivity contribution in [3.05, 3.63) is 34.1 Å². The van der Waals surface area contributed by atoms with Gasteiger partial charge in [-0.3, -0.25) is 14.9 Å². The highest BCUT2D eigenvalue weighted by atomic mass is 19.1. The first kappa shape index (κ1) is 14.2. The van der Waals surface area contributed by atoms with Crippen LogP contribution in [0.15, 0.2) is 18.2 Å². The van der Waals surface area contributed by atoms with Gasteiger partial charge in [-0.25, -0.2) is 0 Å². The van der Waals surface area contributed by atoms with Gasteiger partial charge in [0.1, 0.15) is 12.2 Å². The Morgan fingerprint density at radius 2 is 2.25 bits per heavy atom. The molecule has 1 saturated carbocycles. The van der Waals surface area contributed by atoms with Gasteiger partial charge in [-0.15, -0.1) is 0 Å². The molecule has 0 aliphatic heterocycles. The minimum Gasteiger partial charge on any atom is -0.465 e. The number of halogens is 1. The Morgan fingerprint density at radius 1 is 1.55 bits per heavy atom. The SMILES string of the molecule is CCOC(=O)CN(c1cccc(F)c1[N+](=O)[O-])C1CC1. The Bertz CT molecular complexity index is 531. The summed E-state index contributed by atoms with van der Waals surface area (Å²) in [6, 6.07) is 3.92. The van der Waals surface area contributed by atoms with Crippen molar-refractivity contribution in [2.24, 2.45) is 0 Å². The first-order valence-corrected chi connectivity index (χ1v) is 6.39. The molecule has 7 heteroatoms. The number of para-hydroxylation sites is 1. The number of ether oxygens (including phenoxy) is 1. The van der Waals surface area contributed by atoms with E-state index in [0.717, 1.165) is 18.9 Å². The molecule has 2 rings (SSSR count). The van der Waals surface area contributed by atoms with Gasteiger partial charge in [0, 0.05) is 6.04 Å². The number of nitro groups is 1. The molecule has 0 N–H and O–H groups in total. The van der Waals surface area contributed by atoms with E-state index >= 15 is 0 Å². The van der Waals surface area contributed by atoms with Crippen LogP contribution in [0.1, 0.15) is 19.8 Å². The number of anilines is 1. The smallest absolute Gasteiger partial charge is 0.327 e. The third kappa shape index (κ3) is 3.04. The van der Waals surface area contributed by atoms with Gasteiger partial charge in [-0.1, -0.05) is 6.07 Å². The monoisotopic (exact) mass is 282 g/mol. The van der Waals surface area contributed by atoms with Crippen LogP contribution in [0.25, 0.3) is 0 Å². The molecule has 0 aromatic heterocycles. The van der Waals surface area contributed by atoms with Crippen LogP contribution in [0.2, 0.25) is 0 Å². The molecule has 1 aliphatic carbocycles. The number of esters is 1. The van der Waals surface area contributed by atoms with Crippen molar-refractivity contribution in [2.45, 2.75) is 25.8 Å². The lowest BCUT2D eigenvalue weighted by Gasteiger charge is -2.23. The molecule has 0 unspecified atom stereocenters. The van der Waals surface area contributed by atoms with Crippen LogP contribution in [0.4, 0.5) is 15.8 Å². The number of rotatable bonds is 6. The molecule has 1 aromatic rings. The molecule has 1 aliphatic rings. The summed E-state index contributed by atoms with van der Waals surface area (Å²) in [7, 11) is 0. The molecule has 1 fully saturated rings. The van der Waals surface area contributed by atoms with Gasteiger partial charge >= 0.3 is 11.7 Å². The van der Waals surface area contributed by atoms with Crippen molar-refractivity contribution >= 4 is 17.3 Å². The lowest BCUT2D eigenvalue weighted by atomic mass is 10.2. The van der Waals surface area contributed by atoms with Gasteiger partial charge in [-0.05, 0) is 31.9 Å². The summed E-state index contributed by atoms with van der Waals surface area (Å²) in [6.45, 7) is 1.81. The molecule has 0 radical (unpaired) electrons. The van der Waals surface area contributed by atoms with Gasteiger partial charge in [0.25, 0.3) is 0 Å². The standard InChI is InChI=1S/C13H15FN2O4/c1-2-20-12(17)8-15(9-6-7-9)11-5-3-4-10(14)13(11)16(18)19/h3-5,9H,2,6-8H2,1H3. The first-order chi connectivity index (χ1) is 9.54. The molecule has 1 aromatic carbocycles. The van der Waals surface area contributed by atoms with Crippen LogP contribution < -0.4 is 4.90 Å². The average Bonchev–Trinajstić information content (AvgIpc) is 3.19. The summed E-state index contributed by atoms with van der Waals surface area (Å²) in [6.07, 6.45) is 1.65. The summed E-state index contributed by atoms with van der Waals surface area (Å²) in [5, 5.41) is 11.0. The number of benzene rings is 1. The highest BCUT2D eigenvalue weighted by molar-refractivity contribution is 5.78. The fraction of sp³-hybridized carbons (Fsp3) is 0.462. The second kappa shape index (κ2) is 5.85. The normalized spacial score (nSPS) is 13.9. The van der Waals surface area contributed by atoms with E-state index in [-0.39, 0.29) is 24.9 Å². The van der Waals surface area contributed by atoms with Gasteiger partial charge in [0.15, 0.2) is 0 Å². The molecule has 0 bridgehead atoms. The number of carbonyl (C=O) groups excluding carboxylic acids is 1. The largest absolute Gasteiger partial charge is 0.465 e. The van der Waals surface area contributed by atoms with E-state index < -0.39 is 22.4 Å². The van der Waals surface area contributed by atoms with Crippen molar-refractivity contribution in [1.82, 2.24) is 0 Å². The topological polar surface area (TPSA) is 72.7 Å². The number of hydrogen-bond donors (Lipinski definition) is 0. The molecule has 6 nitrogen and oxygen atoms in total. The minimum absolute atomic E-state index is 0.0277. The first-order valence-electron chi connectivity index (χ1n) is 6.39. The van der Waals surface area contributed by atoms with Crippen LogP contribution in [-0.4, -0.2) is 30.1 Å². The van der Waals surface area contributed by atoms with Crippen molar-refractivity contribution in [2.75, 3.05) is 18.1 Å². The zero-order chi connectivity index (χ0) is 14.7. The summed E-state index contributed by atoms with van der Waals surface area (Å²) >= 11 is 0. The van der Waals surface area contributed by atoms with Crippen LogP contribution in [0.3, 0.4) is 0 Å². The molecular weight excluding hydrogens is 267 g/mol. The van der Waals surface area contributed by atoms with Crippen LogP contribution in [0.5, 0.6) is 0 Å². The summed E-state index contributed by atoms with van der Waals surface area (Å²) in [5.74, 6) is -1.38. The third-order valence-electron chi connectivity index (χ3n) is 3.05. The predicted octanol–water partition coefficient (Wildman–Crippen LogP) is 2.27. The molecule has 0 amide bonds. The number of nitrogens with zero attached hydrogens (tertiary/aromatic N) is 2. The van der Waals surface area contributed by atoms with E-state index in [2.05, 4.69) is 0 Å².